The summed E-state index contributed by atoms with van der Waals surface area (Å²) in [7, 11) is 3.87. The van der Waals surface area contributed by atoms with E-state index in [1.54, 1.807) is 12.1 Å². The number of aromatic nitrogens is 2. The van der Waals surface area contributed by atoms with Gasteiger partial charge in [0.1, 0.15) is 71.9 Å². The molecule has 2 saturated heterocycles. The van der Waals surface area contributed by atoms with Crippen molar-refractivity contribution in [3.8, 4) is 11.5 Å². The quantitative estimate of drug-likeness (QED) is 0.0299. The molecule has 2 aromatic carbocycles. The summed E-state index contributed by atoms with van der Waals surface area (Å²) in [5.74, 6) is -12.0. The molecule has 0 bridgehead atoms. The van der Waals surface area contributed by atoms with Crippen LogP contribution in [0.15, 0.2) is 61.1 Å². The third-order valence-corrected chi connectivity index (χ3v) is 18.6. The Hall–Kier alpha value is -7.79. The molecule has 1 aromatic heterocycles. The van der Waals surface area contributed by atoms with Crippen molar-refractivity contribution >= 4 is 114 Å². The van der Waals surface area contributed by atoms with Crippen molar-refractivity contribution in [3.05, 3.63) is 77.9 Å². The van der Waals surface area contributed by atoms with Gasteiger partial charge in [0.25, 0.3) is 0 Å². The monoisotopic (exact) mass is 1320 g/mol. The number of benzene rings is 2. The molecule has 5 rings (SSSR count). The predicted molar refractivity (Wildman–Crippen MR) is 333 cm³/mol. The molecule has 30 nitrogen and oxygen atoms in total. The van der Waals surface area contributed by atoms with E-state index in [4.69, 9.17) is 17.2 Å². The molecule has 486 valence electrons. The minimum atomic E-state index is -1.62. The minimum absolute atomic E-state index is 0.0225. The van der Waals surface area contributed by atoms with Crippen molar-refractivity contribution in [2.24, 2.45) is 17.2 Å². The third-order valence-electron chi connectivity index (χ3n) is 13.8. The minimum Gasteiger partial charge on any atom is -0.508 e. The zero-order chi connectivity index (χ0) is 65.0. The Bertz CT molecular complexity index is 2920. The maximum absolute atomic E-state index is 14.9. The summed E-state index contributed by atoms with van der Waals surface area (Å²) >= 11 is 0. The van der Waals surface area contributed by atoms with Crippen LogP contribution in [-0.4, -0.2) is 193 Å². The standard InChI is InChI=1S/C55H77N15O15S4/c1-29(71)61-38(20-30-8-12-33(72)13-9-30)48(77)68-41-24-86-89-27-44(67-47(76)36(7-3-5-19-57)62-46(75)35(63-51(41)80)6-2-4-18-56)54(83)70-43-26-88-87-25-42(52(81)64-37(55(84)85)16-17-45(58)74)69-50(79)40(22-32-23-59-28-60-32)66-49(78)39(65-53(43)82)21-31-10-14-34(73)15-11-31/h8-15,23,28,35-44,72-73H,2-7,16-22,24-27,56-57H2,1H3,(H2,58,74)(H,59,60)(H,61,71)(H,62,75)(H,63,80)(H,64,81)(H,65,82)(H,66,78)(H,67,76)(H,68,77)(H,69,79)(H,70,83)(H,84,85)/t35-,36-,37-,38-,39-,40-,41-,42-,43-,44-/m0/s1. The van der Waals surface area contributed by atoms with Crippen molar-refractivity contribution in [2.45, 2.75) is 138 Å². The number of carboxylic acid groups (broad SMARTS) is 1. The molecule has 0 aliphatic carbocycles. The molecular formula is C55H77N15O15S4. The first-order chi connectivity index (χ1) is 42.5. The molecule has 2 aliphatic rings. The number of hydrogen-bond acceptors (Lipinski definition) is 21. The lowest BCUT2D eigenvalue weighted by atomic mass is 10.0. The van der Waals surface area contributed by atoms with Crippen LogP contribution < -0.4 is 70.4 Å². The fourth-order valence-electron chi connectivity index (χ4n) is 8.94. The number of carbonyl (C=O) groups is 12. The summed E-state index contributed by atoms with van der Waals surface area (Å²) in [4.78, 5) is 173. The van der Waals surface area contributed by atoms with E-state index in [1.807, 2.05) is 0 Å². The van der Waals surface area contributed by atoms with Gasteiger partial charge in [-0.05, 0) is 93.4 Å². The fourth-order valence-corrected chi connectivity index (χ4v) is 13.6. The van der Waals surface area contributed by atoms with Crippen molar-refractivity contribution in [1.29, 1.82) is 0 Å². The average molecular weight is 1320 g/mol. The van der Waals surface area contributed by atoms with Gasteiger partial charge in [0.15, 0.2) is 0 Å². The number of H-pyrrole nitrogens is 1. The van der Waals surface area contributed by atoms with Crippen LogP contribution in [0.25, 0.3) is 0 Å². The van der Waals surface area contributed by atoms with Crippen LogP contribution in [0, 0.1) is 0 Å². The van der Waals surface area contributed by atoms with Gasteiger partial charge in [-0.3, -0.25) is 52.7 Å². The van der Waals surface area contributed by atoms with Crippen LogP contribution >= 0.6 is 43.2 Å². The van der Waals surface area contributed by atoms with E-state index in [0.717, 1.165) is 43.2 Å². The second-order valence-corrected chi connectivity index (χ2v) is 26.0. The number of aromatic hydroxyl groups is 2. The van der Waals surface area contributed by atoms with Gasteiger partial charge in [-0.15, -0.1) is 0 Å². The van der Waals surface area contributed by atoms with E-state index in [9.17, 15) is 72.9 Å². The summed E-state index contributed by atoms with van der Waals surface area (Å²) in [5, 5.41) is 56.3. The molecule has 3 aromatic rings. The Labute approximate surface area is 528 Å². The SMILES string of the molecule is CC(=O)N[C@@H](Cc1ccc(O)cc1)C(=O)N[C@H]1CSSC[C@@H](C(=O)N[C@H]2CSSC[C@@H](C(=O)N[C@@H](CCC(N)=O)C(=O)O)NC(=O)[C@H](Cc3cnc[nH]3)NC(=O)[C@H](Cc3ccc(O)cc3)NC2=O)NC(=O)[C@H](CCCCN)NC(=O)[C@H](CCCCN)NC1=O. The molecule has 0 spiro atoms. The number of primary amides is 1. The lowest BCUT2D eigenvalue weighted by Gasteiger charge is -2.29. The summed E-state index contributed by atoms with van der Waals surface area (Å²) in [6.07, 6.45) is 3.05. The Balaban J connectivity index is 1.51. The number of carboxylic acids is 1. The van der Waals surface area contributed by atoms with E-state index < -0.39 is 144 Å². The van der Waals surface area contributed by atoms with Gasteiger partial charge >= 0.3 is 5.97 Å². The second kappa shape index (κ2) is 37.3. The molecule has 2 fully saturated rings. The van der Waals surface area contributed by atoms with Gasteiger partial charge in [-0.1, -0.05) is 67.4 Å². The smallest absolute Gasteiger partial charge is 0.326 e. The van der Waals surface area contributed by atoms with Crippen LogP contribution in [0.4, 0.5) is 0 Å². The molecule has 89 heavy (non-hydrogen) atoms. The number of aromatic amines is 1. The van der Waals surface area contributed by atoms with E-state index in [0.29, 0.717) is 42.5 Å². The summed E-state index contributed by atoms with van der Waals surface area (Å²) < 4.78 is 0. The lowest BCUT2D eigenvalue weighted by molar-refractivity contribution is -0.142. The van der Waals surface area contributed by atoms with E-state index in [-0.39, 0.29) is 79.7 Å². The molecule has 10 atom stereocenters. The molecule has 2 aliphatic heterocycles. The van der Waals surface area contributed by atoms with Crippen molar-refractivity contribution in [1.82, 2.24) is 63.1 Å². The van der Waals surface area contributed by atoms with E-state index in [2.05, 4.69) is 63.1 Å². The Morgan fingerprint density at radius 1 is 0.584 bits per heavy atom. The van der Waals surface area contributed by atoms with Crippen LogP contribution in [0.1, 0.15) is 75.1 Å². The first kappa shape index (κ1) is 72.0. The highest BCUT2D eigenvalue weighted by Gasteiger charge is 2.38. The maximum Gasteiger partial charge on any atom is 0.326 e. The highest BCUT2D eigenvalue weighted by atomic mass is 33.1. The molecule has 0 saturated carbocycles. The van der Waals surface area contributed by atoms with Crippen LogP contribution in [0.5, 0.6) is 11.5 Å². The number of nitrogens with one attached hydrogen (secondary N) is 11. The summed E-state index contributed by atoms with van der Waals surface area (Å²) in [6, 6.07) is -2.75. The van der Waals surface area contributed by atoms with Crippen LogP contribution in [0.3, 0.4) is 0 Å². The number of imidazole rings is 1. The van der Waals surface area contributed by atoms with Crippen LogP contribution in [-0.2, 0) is 76.8 Å². The number of unbranched alkanes of at least 4 members (excludes halogenated alkanes) is 2. The maximum atomic E-state index is 14.9. The van der Waals surface area contributed by atoms with Crippen molar-refractivity contribution < 1.29 is 72.9 Å². The summed E-state index contributed by atoms with van der Waals surface area (Å²) in [5.41, 5.74) is 18.2. The molecule has 3 heterocycles. The number of hydrogen-bond donors (Lipinski definition) is 17. The topological polar surface area (TPSA) is 493 Å². The number of rotatable bonds is 25. The third kappa shape index (κ3) is 25.0. The van der Waals surface area contributed by atoms with Gasteiger partial charge in [0.2, 0.25) is 65.0 Å². The number of phenols is 2. The number of aliphatic carboxylic acids is 1. The van der Waals surface area contributed by atoms with Crippen LogP contribution in [0.2, 0.25) is 0 Å². The molecule has 0 unspecified atom stereocenters. The second-order valence-electron chi connectivity index (χ2n) is 20.9. The molecule has 11 amide bonds. The highest BCUT2D eigenvalue weighted by Crippen LogP contribution is 2.26. The summed E-state index contributed by atoms with van der Waals surface area (Å²) in [6.45, 7) is 1.70. The van der Waals surface area contributed by atoms with Gasteiger partial charge in [-0.2, -0.15) is 0 Å². The molecule has 34 heteroatoms. The van der Waals surface area contributed by atoms with Crippen molar-refractivity contribution in [2.75, 3.05) is 36.1 Å². The van der Waals surface area contributed by atoms with E-state index in [1.165, 1.54) is 55.8 Å². The molecule has 0 radical (unpaired) electrons. The average Bonchev–Trinajstić information content (AvgIpc) is 2.43. The number of carbonyl (C=O) groups excluding carboxylic acids is 11. The van der Waals surface area contributed by atoms with Gasteiger partial charge in [0, 0.05) is 67.5 Å². The van der Waals surface area contributed by atoms with Gasteiger partial charge < -0.3 is 90.7 Å². The Kier molecular flexibility index (Phi) is 30.1. The van der Waals surface area contributed by atoms with Gasteiger partial charge in [0.05, 0.1) is 6.33 Å². The zero-order valence-corrected chi connectivity index (χ0v) is 51.9. The number of nitrogens with two attached hydrogens (primary N) is 3. The molecular weight excluding hydrogens is 1240 g/mol. The lowest BCUT2D eigenvalue weighted by Crippen LogP contribution is -2.62. The number of amides is 11. The van der Waals surface area contributed by atoms with E-state index >= 15 is 0 Å². The Morgan fingerprint density at radius 3 is 1.58 bits per heavy atom. The van der Waals surface area contributed by atoms with Gasteiger partial charge in [-0.25, -0.2) is 9.78 Å². The molecule has 20 N–H and O–H groups in total. The highest BCUT2D eigenvalue weighted by molar-refractivity contribution is 8.77. The van der Waals surface area contributed by atoms with Crippen molar-refractivity contribution in [3.63, 3.8) is 0 Å². The largest absolute Gasteiger partial charge is 0.508 e. The number of nitrogens with zero attached hydrogens (tertiary/aromatic N) is 1. The fraction of sp³-hybridized carbons (Fsp3) is 0.509. The Morgan fingerprint density at radius 2 is 1.06 bits per heavy atom. The first-order valence-electron chi connectivity index (χ1n) is 28.5. The first-order valence-corrected chi connectivity index (χ1v) is 33.4. The zero-order valence-electron chi connectivity index (χ0n) is 48.6. The normalized spacial score (nSPS) is 22.5. The number of phenolic OH excluding ortho intramolecular Hbond substituents is 2. The predicted octanol–water partition coefficient (Wildman–Crippen LogP) is -2.89.